The average Bonchev–Trinajstić information content (AvgIpc) is 2.60. The van der Waals surface area contributed by atoms with Gasteiger partial charge < -0.3 is 19.1 Å². The van der Waals surface area contributed by atoms with Gasteiger partial charge in [0.1, 0.15) is 6.54 Å². The molecule has 1 atom stereocenters. The maximum Gasteiger partial charge on any atom is 0.306 e. The molecule has 0 saturated heterocycles. The molecule has 0 bridgehead atoms. The van der Waals surface area contributed by atoms with Crippen LogP contribution in [-0.2, 0) is 19.1 Å². The molecular formula is C23H42NO5. The van der Waals surface area contributed by atoms with Crippen LogP contribution in [0.1, 0.15) is 96.3 Å². The molecule has 0 aromatic carbocycles. The van der Waals surface area contributed by atoms with Crippen molar-refractivity contribution >= 4 is 18.2 Å². The predicted molar refractivity (Wildman–Crippen MR) is 113 cm³/mol. The largest absolute Gasteiger partial charge is 0.550 e. The summed E-state index contributed by atoms with van der Waals surface area (Å²) in [4.78, 5) is 32.9. The molecule has 0 spiro atoms. The van der Waals surface area contributed by atoms with Crippen molar-refractivity contribution in [1.82, 2.24) is 0 Å². The van der Waals surface area contributed by atoms with E-state index >= 15 is 0 Å². The second-order valence-corrected chi connectivity index (χ2v) is 9.05. The number of carbonyl (C=O) groups excluding carboxylic acids is 3. The summed E-state index contributed by atoms with van der Waals surface area (Å²) in [6, 6.07) is 0. The second kappa shape index (κ2) is 17.4. The third-order valence-electron chi connectivity index (χ3n) is 4.85. The van der Waals surface area contributed by atoms with E-state index in [-0.39, 0.29) is 12.4 Å². The minimum atomic E-state index is -1.19. The number of hydrogen-bond donors (Lipinski definition) is 0. The van der Waals surface area contributed by atoms with Gasteiger partial charge in [-0.05, 0) is 12.8 Å². The highest BCUT2D eigenvalue weighted by molar-refractivity contribution is 5.70. The summed E-state index contributed by atoms with van der Waals surface area (Å²) in [5.41, 5.74) is 0. The van der Waals surface area contributed by atoms with E-state index in [1.807, 2.05) is 27.4 Å². The van der Waals surface area contributed by atoms with E-state index < -0.39 is 12.1 Å². The van der Waals surface area contributed by atoms with Gasteiger partial charge in [-0.2, -0.15) is 0 Å². The first-order valence-corrected chi connectivity index (χ1v) is 11.3. The van der Waals surface area contributed by atoms with Gasteiger partial charge in [-0.3, -0.25) is 9.59 Å². The number of ether oxygens (including phenoxy) is 1. The van der Waals surface area contributed by atoms with E-state index in [0.717, 1.165) is 32.1 Å². The molecule has 0 aromatic heterocycles. The van der Waals surface area contributed by atoms with Crippen LogP contribution in [0.15, 0.2) is 0 Å². The summed E-state index contributed by atoms with van der Waals surface area (Å²) >= 11 is 0. The Morgan fingerprint density at radius 3 is 1.69 bits per heavy atom. The van der Waals surface area contributed by atoms with Crippen LogP contribution in [0.5, 0.6) is 0 Å². The molecule has 6 nitrogen and oxygen atoms in total. The van der Waals surface area contributed by atoms with Crippen molar-refractivity contribution in [1.29, 1.82) is 0 Å². The van der Waals surface area contributed by atoms with Crippen molar-refractivity contribution in [2.45, 2.75) is 102 Å². The van der Waals surface area contributed by atoms with Crippen LogP contribution in [0, 0.1) is 0 Å². The lowest BCUT2D eigenvalue weighted by molar-refractivity contribution is -0.873. The summed E-state index contributed by atoms with van der Waals surface area (Å²) in [6.45, 7) is 0.455. The van der Waals surface area contributed by atoms with E-state index in [4.69, 9.17) is 4.74 Å². The molecule has 0 N–H and O–H groups in total. The molecule has 0 heterocycles. The van der Waals surface area contributed by atoms with E-state index in [9.17, 15) is 19.5 Å². The summed E-state index contributed by atoms with van der Waals surface area (Å²) in [7, 11) is 5.81. The predicted octanol–water partition coefficient (Wildman–Crippen LogP) is 3.32. The van der Waals surface area contributed by atoms with Crippen LogP contribution < -0.4 is 5.11 Å². The van der Waals surface area contributed by atoms with E-state index in [1.165, 1.54) is 44.9 Å². The number of esters is 1. The lowest BCUT2D eigenvalue weighted by Gasteiger charge is -2.29. The molecule has 0 saturated carbocycles. The van der Waals surface area contributed by atoms with E-state index in [0.29, 0.717) is 23.9 Å². The van der Waals surface area contributed by atoms with Crippen LogP contribution in [0.2, 0.25) is 0 Å². The normalized spacial score (nSPS) is 12.5. The smallest absolute Gasteiger partial charge is 0.306 e. The SMILES string of the molecule is C[N+](C)(C)CC(CC(=O)[O-])OC(=O)CCCCCCCCCCCCCC[C]=O. The molecule has 0 aliphatic heterocycles. The Morgan fingerprint density at radius 2 is 1.28 bits per heavy atom. The zero-order valence-electron chi connectivity index (χ0n) is 18.9. The summed E-state index contributed by atoms with van der Waals surface area (Å²) in [6.07, 6.45) is 15.7. The van der Waals surface area contributed by atoms with Crippen molar-refractivity contribution in [3.05, 3.63) is 0 Å². The molecule has 1 radical (unpaired) electrons. The first kappa shape index (κ1) is 27.6. The molecule has 0 amide bonds. The lowest BCUT2D eigenvalue weighted by Crippen LogP contribution is -2.45. The minimum absolute atomic E-state index is 0.251. The fraction of sp³-hybridized carbons (Fsp3) is 0.870. The van der Waals surface area contributed by atoms with Gasteiger partial charge in [-0.1, -0.05) is 64.2 Å². The number of carbonyl (C=O) groups is 2. The average molecular weight is 413 g/mol. The number of rotatable bonds is 20. The van der Waals surface area contributed by atoms with Crippen molar-refractivity contribution in [3.63, 3.8) is 0 Å². The number of nitrogens with zero attached hydrogens (tertiary/aromatic N) is 1. The highest BCUT2D eigenvalue weighted by Crippen LogP contribution is 2.13. The Morgan fingerprint density at radius 1 is 0.828 bits per heavy atom. The number of hydrogen-bond acceptors (Lipinski definition) is 5. The number of aliphatic carboxylic acids is 1. The molecular weight excluding hydrogens is 370 g/mol. The number of carboxylic acid groups (broad SMARTS) is 1. The van der Waals surface area contributed by atoms with Crippen LogP contribution >= 0.6 is 0 Å². The molecule has 0 aromatic rings. The van der Waals surface area contributed by atoms with Crippen LogP contribution in [0.3, 0.4) is 0 Å². The zero-order valence-corrected chi connectivity index (χ0v) is 18.9. The van der Waals surface area contributed by atoms with Gasteiger partial charge in [-0.25, -0.2) is 0 Å². The van der Waals surface area contributed by atoms with E-state index in [1.54, 1.807) is 0 Å². The molecule has 0 fully saturated rings. The summed E-state index contributed by atoms with van der Waals surface area (Å²) < 4.78 is 5.89. The van der Waals surface area contributed by atoms with Gasteiger partial charge in [0.15, 0.2) is 12.4 Å². The fourth-order valence-electron chi connectivity index (χ4n) is 3.42. The maximum atomic E-state index is 12.0. The first-order chi connectivity index (χ1) is 13.7. The van der Waals surface area contributed by atoms with Crippen LogP contribution in [0.25, 0.3) is 0 Å². The van der Waals surface area contributed by atoms with Gasteiger partial charge in [0.2, 0.25) is 0 Å². The third kappa shape index (κ3) is 21.1. The summed E-state index contributed by atoms with van der Waals surface area (Å²) in [5, 5.41) is 10.9. The highest BCUT2D eigenvalue weighted by atomic mass is 16.5. The van der Waals surface area contributed by atoms with Crippen molar-refractivity contribution in [2.75, 3.05) is 27.7 Å². The zero-order chi connectivity index (χ0) is 22.0. The Bertz CT molecular complexity index is 445. The van der Waals surface area contributed by atoms with Crippen LogP contribution in [-0.4, -0.2) is 56.5 Å². The monoisotopic (exact) mass is 412 g/mol. The Balaban J connectivity index is 3.60. The Kier molecular flexibility index (Phi) is 16.6. The van der Waals surface area contributed by atoms with Crippen molar-refractivity contribution in [3.8, 4) is 0 Å². The maximum absolute atomic E-state index is 12.0. The Labute approximate surface area is 177 Å². The van der Waals surface area contributed by atoms with Gasteiger partial charge >= 0.3 is 5.97 Å². The minimum Gasteiger partial charge on any atom is -0.550 e. The number of quaternary nitrogens is 1. The number of unbranched alkanes of at least 4 members (excludes halogenated alkanes) is 12. The fourth-order valence-corrected chi connectivity index (χ4v) is 3.42. The quantitative estimate of drug-likeness (QED) is 0.174. The van der Waals surface area contributed by atoms with Gasteiger partial charge in [0.25, 0.3) is 0 Å². The standard InChI is InChI=1S/C23H42NO5/c1-24(2,3)20-21(19-22(26)27)29-23(28)17-15-13-11-9-7-5-4-6-8-10-12-14-16-18-25/h21H,4-17,19-20H2,1-3H3. The van der Waals surface area contributed by atoms with Gasteiger partial charge in [0, 0.05) is 25.2 Å². The molecule has 29 heavy (non-hydrogen) atoms. The highest BCUT2D eigenvalue weighted by Gasteiger charge is 2.22. The summed E-state index contributed by atoms with van der Waals surface area (Å²) in [5.74, 6) is -1.50. The van der Waals surface area contributed by atoms with E-state index in [2.05, 4.69) is 0 Å². The lowest BCUT2D eigenvalue weighted by atomic mass is 10.0. The molecule has 169 valence electrons. The first-order valence-electron chi connectivity index (χ1n) is 11.3. The number of likely N-dealkylation sites (N-methyl/N-ethyl adjacent to an activating group) is 1. The number of carboxylic acids is 1. The molecule has 0 aliphatic rings. The molecule has 0 rings (SSSR count). The molecule has 0 aliphatic carbocycles. The van der Waals surface area contributed by atoms with Crippen molar-refractivity contribution < 1.29 is 28.7 Å². The third-order valence-corrected chi connectivity index (χ3v) is 4.85. The van der Waals surface area contributed by atoms with Gasteiger partial charge in [0.05, 0.1) is 21.1 Å². The topological polar surface area (TPSA) is 83.5 Å². The second-order valence-electron chi connectivity index (χ2n) is 9.05. The Hall–Kier alpha value is -1.43. The van der Waals surface area contributed by atoms with Crippen molar-refractivity contribution in [2.24, 2.45) is 0 Å². The van der Waals surface area contributed by atoms with Crippen LogP contribution in [0.4, 0.5) is 0 Å². The van der Waals surface area contributed by atoms with Gasteiger partial charge in [-0.15, -0.1) is 0 Å². The molecule has 1 unspecified atom stereocenters. The molecule has 6 heteroatoms.